The number of hydrogen-bond acceptors (Lipinski definition) is 5. The van der Waals surface area contributed by atoms with Crippen LogP contribution in [0.1, 0.15) is 34.6 Å². The van der Waals surface area contributed by atoms with Gasteiger partial charge in [0.05, 0.1) is 5.56 Å². The number of benzene rings is 2. The van der Waals surface area contributed by atoms with E-state index >= 15 is 0 Å². The maximum atomic E-state index is 12.0. The summed E-state index contributed by atoms with van der Waals surface area (Å²) < 4.78 is 10.6. The molecule has 2 aromatic rings. The third-order valence-corrected chi connectivity index (χ3v) is 3.59. The van der Waals surface area contributed by atoms with Gasteiger partial charge in [0.15, 0.2) is 5.78 Å². The van der Waals surface area contributed by atoms with Crippen molar-refractivity contribution in [1.29, 1.82) is 0 Å². The number of para-hydroxylation sites is 1. The van der Waals surface area contributed by atoms with E-state index < -0.39 is 12.0 Å². The van der Waals surface area contributed by atoms with E-state index in [4.69, 9.17) is 9.47 Å². The minimum Gasteiger partial charge on any atom is -0.489 e. The van der Waals surface area contributed by atoms with E-state index in [1.54, 1.807) is 61.5 Å². The topological polar surface area (TPSA) is 81.7 Å². The first-order valence-corrected chi connectivity index (χ1v) is 8.24. The van der Waals surface area contributed by atoms with Crippen LogP contribution in [-0.4, -0.2) is 36.9 Å². The van der Waals surface area contributed by atoms with Crippen molar-refractivity contribution in [2.24, 2.45) is 0 Å². The highest BCUT2D eigenvalue weighted by atomic mass is 16.6. The van der Waals surface area contributed by atoms with Gasteiger partial charge in [-0.05, 0) is 38.1 Å². The van der Waals surface area contributed by atoms with Crippen molar-refractivity contribution in [2.75, 3.05) is 13.2 Å². The first-order valence-electron chi connectivity index (χ1n) is 8.24. The zero-order valence-electron chi connectivity index (χ0n) is 14.7. The molecule has 0 aliphatic carbocycles. The minimum absolute atomic E-state index is 0.0105. The molecular formula is C20H21NO5. The van der Waals surface area contributed by atoms with Crippen LogP contribution in [0.4, 0.5) is 0 Å². The molecule has 136 valence electrons. The van der Waals surface area contributed by atoms with Crippen molar-refractivity contribution in [2.45, 2.75) is 19.9 Å². The Labute approximate surface area is 152 Å². The quantitative estimate of drug-likeness (QED) is 0.447. The van der Waals surface area contributed by atoms with E-state index in [0.717, 1.165) is 0 Å². The molecule has 0 aromatic heterocycles. The van der Waals surface area contributed by atoms with Gasteiger partial charge in [0.1, 0.15) is 25.0 Å². The van der Waals surface area contributed by atoms with Crippen LogP contribution in [0.5, 0.6) is 5.75 Å². The first-order chi connectivity index (χ1) is 12.5. The molecule has 1 unspecified atom stereocenters. The summed E-state index contributed by atoms with van der Waals surface area (Å²) in [6.45, 7) is 3.13. The van der Waals surface area contributed by atoms with Crippen molar-refractivity contribution >= 4 is 17.7 Å². The monoisotopic (exact) mass is 355 g/mol. The molecule has 1 atom stereocenters. The van der Waals surface area contributed by atoms with Crippen LogP contribution in [0.15, 0.2) is 54.6 Å². The fourth-order valence-corrected chi connectivity index (χ4v) is 2.23. The Morgan fingerprint density at radius 2 is 1.62 bits per heavy atom. The summed E-state index contributed by atoms with van der Waals surface area (Å²) >= 11 is 0. The summed E-state index contributed by atoms with van der Waals surface area (Å²) in [5.41, 5.74) is 0.943. The summed E-state index contributed by atoms with van der Waals surface area (Å²) in [6, 6.07) is 14.7. The lowest BCUT2D eigenvalue weighted by Crippen LogP contribution is -2.39. The maximum absolute atomic E-state index is 12.0. The van der Waals surface area contributed by atoms with Gasteiger partial charge in [-0.1, -0.05) is 30.3 Å². The van der Waals surface area contributed by atoms with Crippen molar-refractivity contribution in [3.63, 3.8) is 0 Å². The number of esters is 1. The Hall–Kier alpha value is -3.15. The molecule has 6 heteroatoms. The second-order valence-electron chi connectivity index (χ2n) is 5.63. The van der Waals surface area contributed by atoms with Gasteiger partial charge in [-0.2, -0.15) is 0 Å². The van der Waals surface area contributed by atoms with Gasteiger partial charge >= 0.3 is 5.97 Å². The second kappa shape index (κ2) is 9.36. The summed E-state index contributed by atoms with van der Waals surface area (Å²) in [4.78, 5) is 35.5. The van der Waals surface area contributed by atoms with Crippen molar-refractivity contribution in [1.82, 2.24) is 5.32 Å². The highest BCUT2D eigenvalue weighted by molar-refractivity contribution is 5.97. The Morgan fingerprint density at radius 1 is 0.962 bits per heavy atom. The molecule has 0 fully saturated rings. The Morgan fingerprint density at radius 3 is 2.31 bits per heavy atom. The van der Waals surface area contributed by atoms with Gasteiger partial charge in [0.25, 0.3) is 5.91 Å². The van der Waals surface area contributed by atoms with Gasteiger partial charge in [0, 0.05) is 5.56 Å². The second-order valence-corrected chi connectivity index (χ2v) is 5.63. The van der Waals surface area contributed by atoms with Crippen LogP contribution < -0.4 is 10.1 Å². The molecule has 0 saturated carbocycles. The molecule has 26 heavy (non-hydrogen) atoms. The van der Waals surface area contributed by atoms with E-state index in [-0.39, 0.29) is 24.9 Å². The molecule has 0 aliphatic rings. The molecule has 1 N–H and O–H groups in total. The average molecular weight is 355 g/mol. The maximum Gasteiger partial charge on any atom is 0.328 e. The first kappa shape index (κ1) is 19.2. The number of rotatable bonds is 8. The van der Waals surface area contributed by atoms with Gasteiger partial charge in [-0.3, -0.25) is 9.59 Å². The van der Waals surface area contributed by atoms with Crippen LogP contribution >= 0.6 is 0 Å². The predicted molar refractivity (Wildman–Crippen MR) is 96.3 cm³/mol. The summed E-state index contributed by atoms with van der Waals surface area (Å²) in [5, 5.41) is 2.58. The number of carbonyl (C=O) groups excluding carboxylic acids is 3. The van der Waals surface area contributed by atoms with E-state index in [2.05, 4.69) is 5.32 Å². The highest BCUT2D eigenvalue weighted by Crippen LogP contribution is 2.18. The van der Waals surface area contributed by atoms with E-state index in [9.17, 15) is 14.4 Å². The molecule has 0 bridgehead atoms. The zero-order chi connectivity index (χ0) is 18.9. The van der Waals surface area contributed by atoms with Crippen LogP contribution in [0, 0.1) is 0 Å². The van der Waals surface area contributed by atoms with E-state index in [1.165, 1.54) is 6.92 Å². The molecule has 0 heterocycles. The number of Topliss-reactive ketones (excluding diaryl/α,β-unsaturated/α-hetero) is 1. The molecular weight excluding hydrogens is 334 g/mol. The predicted octanol–water partition coefficient (Wildman–Crippen LogP) is 2.63. The fraction of sp³-hybridized carbons (Fsp3) is 0.250. The molecule has 2 aromatic carbocycles. The lowest BCUT2D eigenvalue weighted by Gasteiger charge is -2.14. The number of hydrogen-bond donors (Lipinski definition) is 1. The fourth-order valence-electron chi connectivity index (χ4n) is 2.23. The molecule has 0 radical (unpaired) electrons. The lowest BCUT2D eigenvalue weighted by molar-refractivity contribution is -0.146. The molecule has 6 nitrogen and oxygen atoms in total. The highest BCUT2D eigenvalue weighted by Gasteiger charge is 2.18. The van der Waals surface area contributed by atoms with Gasteiger partial charge in [-0.15, -0.1) is 0 Å². The van der Waals surface area contributed by atoms with Crippen LogP contribution in [0.25, 0.3) is 0 Å². The molecule has 2 rings (SSSR count). The largest absolute Gasteiger partial charge is 0.489 e. The lowest BCUT2D eigenvalue weighted by atomic mass is 10.1. The number of ketones is 1. The van der Waals surface area contributed by atoms with Crippen LogP contribution in [0.2, 0.25) is 0 Å². The van der Waals surface area contributed by atoms with Crippen LogP contribution in [0.3, 0.4) is 0 Å². The Kier molecular flexibility index (Phi) is 6.91. The normalized spacial score (nSPS) is 11.3. The molecule has 0 saturated heterocycles. The smallest absolute Gasteiger partial charge is 0.328 e. The number of amides is 1. The van der Waals surface area contributed by atoms with Crippen molar-refractivity contribution < 1.29 is 23.9 Å². The van der Waals surface area contributed by atoms with Crippen LogP contribution in [-0.2, 0) is 9.53 Å². The Balaban J connectivity index is 1.76. The zero-order valence-corrected chi connectivity index (χ0v) is 14.7. The summed E-state index contributed by atoms with van der Waals surface area (Å²) in [6.07, 6.45) is 0. The van der Waals surface area contributed by atoms with E-state index in [1.807, 2.05) is 0 Å². The van der Waals surface area contributed by atoms with Crippen molar-refractivity contribution in [3.8, 4) is 5.75 Å². The van der Waals surface area contributed by atoms with Gasteiger partial charge in [0.2, 0.25) is 0 Å². The molecule has 0 spiro atoms. The average Bonchev–Trinajstić information content (AvgIpc) is 2.65. The summed E-state index contributed by atoms with van der Waals surface area (Å²) in [5.74, 6) is -0.560. The number of carbonyl (C=O) groups is 3. The molecule has 0 aliphatic heterocycles. The number of ether oxygens (including phenoxy) is 2. The Bertz CT molecular complexity index is 773. The number of nitrogens with one attached hydrogen (secondary N) is 1. The van der Waals surface area contributed by atoms with E-state index in [0.29, 0.717) is 16.9 Å². The summed E-state index contributed by atoms with van der Waals surface area (Å²) in [7, 11) is 0. The molecule has 1 amide bonds. The third-order valence-electron chi connectivity index (χ3n) is 3.59. The standard InChI is InChI=1S/C20H21NO5/c1-14(21-19(23)16-8-4-3-5-9-16)20(24)26-13-12-25-18-11-7-6-10-17(18)15(2)22/h3-11,14H,12-13H2,1-2H3,(H,21,23). The SMILES string of the molecule is CC(=O)c1ccccc1OCCOC(=O)C(C)NC(=O)c1ccccc1. The minimum atomic E-state index is -0.785. The third kappa shape index (κ3) is 5.44. The van der Waals surface area contributed by atoms with Gasteiger partial charge < -0.3 is 14.8 Å². The van der Waals surface area contributed by atoms with Gasteiger partial charge in [-0.25, -0.2) is 4.79 Å². The van der Waals surface area contributed by atoms with Crippen molar-refractivity contribution in [3.05, 3.63) is 65.7 Å².